The molecule has 1 fully saturated rings. The van der Waals surface area contributed by atoms with Crippen LogP contribution in [-0.2, 0) is 14.3 Å². The van der Waals surface area contributed by atoms with Gasteiger partial charge in [-0.15, -0.1) is 0 Å². The number of morpholine rings is 1. The van der Waals surface area contributed by atoms with E-state index in [1.807, 2.05) is 0 Å². The van der Waals surface area contributed by atoms with Gasteiger partial charge in [-0.1, -0.05) is 0 Å². The fraction of sp³-hybridized carbons (Fsp3) is 0.471. The van der Waals surface area contributed by atoms with Gasteiger partial charge >= 0.3 is 11.9 Å². The number of carbonyl (C=O) groups excluding carboxylic acids is 1. The van der Waals surface area contributed by atoms with Gasteiger partial charge in [0.1, 0.15) is 6.29 Å². The predicted molar refractivity (Wildman–Crippen MR) is 91.0 cm³/mol. The standard InChI is InChI=1S/C15H21NO4.C2H2O4/c1-18-15-11-13(12-17)3-4-14(15)20-8-2-5-16-6-9-19-10-7-16;3-1(4)2(5)6/h3-4,11-12H,2,5-10H2,1H3;(H,3,4)(H,5,6). The van der Waals surface area contributed by atoms with Crippen molar-refractivity contribution >= 4 is 18.2 Å². The lowest BCUT2D eigenvalue weighted by Crippen LogP contribution is -2.37. The molecule has 1 aliphatic heterocycles. The van der Waals surface area contributed by atoms with Gasteiger partial charge < -0.3 is 24.4 Å². The van der Waals surface area contributed by atoms with Crippen LogP contribution in [0.15, 0.2) is 18.2 Å². The van der Waals surface area contributed by atoms with Crippen LogP contribution in [0.4, 0.5) is 0 Å². The van der Waals surface area contributed by atoms with Crippen LogP contribution in [0, 0.1) is 0 Å². The number of benzene rings is 1. The summed E-state index contributed by atoms with van der Waals surface area (Å²) in [6, 6.07) is 5.19. The third-order valence-corrected chi connectivity index (χ3v) is 3.49. The lowest BCUT2D eigenvalue weighted by Gasteiger charge is -2.26. The molecule has 26 heavy (non-hydrogen) atoms. The lowest BCUT2D eigenvalue weighted by atomic mass is 10.2. The highest BCUT2D eigenvalue weighted by Crippen LogP contribution is 2.27. The maximum Gasteiger partial charge on any atom is 0.414 e. The van der Waals surface area contributed by atoms with Crippen molar-refractivity contribution < 1.29 is 38.8 Å². The van der Waals surface area contributed by atoms with Crippen LogP contribution in [0.3, 0.4) is 0 Å². The zero-order valence-corrected chi connectivity index (χ0v) is 14.6. The van der Waals surface area contributed by atoms with Crippen molar-refractivity contribution in [2.45, 2.75) is 6.42 Å². The minimum Gasteiger partial charge on any atom is -0.493 e. The van der Waals surface area contributed by atoms with E-state index >= 15 is 0 Å². The van der Waals surface area contributed by atoms with Gasteiger partial charge in [0.25, 0.3) is 0 Å². The topological polar surface area (TPSA) is 123 Å². The molecule has 0 saturated carbocycles. The van der Waals surface area contributed by atoms with Crippen molar-refractivity contribution in [3.8, 4) is 11.5 Å². The van der Waals surface area contributed by atoms with E-state index in [1.54, 1.807) is 25.3 Å². The highest BCUT2D eigenvalue weighted by molar-refractivity contribution is 6.27. The molecule has 0 radical (unpaired) electrons. The number of hydrogen-bond donors (Lipinski definition) is 2. The number of nitrogens with zero attached hydrogens (tertiary/aromatic N) is 1. The predicted octanol–water partition coefficient (Wildman–Crippen LogP) is 0.764. The van der Waals surface area contributed by atoms with E-state index in [1.165, 1.54) is 0 Å². The van der Waals surface area contributed by atoms with Crippen molar-refractivity contribution in [3.05, 3.63) is 23.8 Å². The Bertz CT molecular complexity index is 586. The number of carbonyl (C=O) groups is 3. The van der Waals surface area contributed by atoms with Crippen LogP contribution < -0.4 is 9.47 Å². The highest BCUT2D eigenvalue weighted by Gasteiger charge is 2.10. The Morgan fingerprint density at radius 2 is 1.85 bits per heavy atom. The monoisotopic (exact) mass is 369 g/mol. The van der Waals surface area contributed by atoms with E-state index in [9.17, 15) is 4.79 Å². The zero-order valence-electron chi connectivity index (χ0n) is 14.6. The van der Waals surface area contributed by atoms with Gasteiger partial charge in [0.2, 0.25) is 0 Å². The average Bonchev–Trinajstić information content (AvgIpc) is 2.66. The molecule has 1 aliphatic rings. The van der Waals surface area contributed by atoms with E-state index < -0.39 is 11.9 Å². The van der Waals surface area contributed by atoms with Crippen molar-refractivity contribution in [1.29, 1.82) is 0 Å². The number of aldehydes is 1. The van der Waals surface area contributed by atoms with E-state index in [2.05, 4.69) is 4.90 Å². The van der Waals surface area contributed by atoms with Crippen molar-refractivity contribution in [2.75, 3.05) is 46.6 Å². The summed E-state index contributed by atoms with van der Waals surface area (Å²) >= 11 is 0. The van der Waals surface area contributed by atoms with E-state index in [-0.39, 0.29) is 0 Å². The lowest BCUT2D eigenvalue weighted by molar-refractivity contribution is -0.159. The molecule has 0 unspecified atom stereocenters. The Kier molecular flexibility index (Phi) is 9.73. The van der Waals surface area contributed by atoms with E-state index in [0.717, 1.165) is 45.6 Å². The van der Waals surface area contributed by atoms with Crippen LogP contribution in [0.2, 0.25) is 0 Å². The van der Waals surface area contributed by atoms with Crippen LogP contribution >= 0.6 is 0 Å². The Balaban J connectivity index is 0.000000487. The van der Waals surface area contributed by atoms with Gasteiger partial charge in [-0.05, 0) is 24.6 Å². The molecule has 0 amide bonds. The van der Waals surface area contributed by atoms with Gasteiger partial charge in [0.15, 0.2) is 11.5 Å². The maximum atomic E-state index is 10.7. The number of ether oxygens (including phenoxy) is 3. The molecule has 1 aromatic carbocycles. The number of methoxy groups -OCH3 is 1. The molecule has 2 N–H and O–H groups in total. The second-order valence-corrected chi connectivity index (χ2v) is 5.29. The molecule has 0 aromatic heterocycles. The first kappa shape index (κ1) is 21.4. The normalized spacial score (nSPS) is 13.9. The molecule has 0 bridgehead atoms. The molecular weight excluding hydrogens is 346 g/mol. The fourth-order valence-corrected chi connectivity index (χ4v) is 2.17. The Morgan fingerprint density at radius 3 is 2.38 bits per heavy atom. The summed E-state index contributed by atoms with van der Waals surface area (Å²) < 4.78 is 16.3. The second-order valence-electron chi connectivity index (χ2n) is 5.29. The summed E-state index contributed by atoms with van der Waals surface area (Å²) in [6.07, 6.45) is 1.75. The average molecular weight is 369 g/mol. The Morgan fingerprint density at radius 1 is 1.19 bits per heavy atom. The van der Waals surface area contributed by atoms with E-state index in [0.29, 0.717) is 23.7 Å². The minimum atomic E-state index is -1.82. The Hall–Kier alpha value is -2.65. The number of carboxylic acid groups (broad SMARTS) is 2. The highest BCUT2D eigenvalue weighted by atomic mass is 16.5. The molecule has 0 spiro atoms. The molecule has 1 saturated heterocycles. The number of aliphatic carboxylic acids is 2. The SMILES string of the molecule is COc1cc(C=O)ccc1OCCCN1CCOCC1.O=C(O)C(=O)O. The summed E-state index contributed by atoms with van der Waals surface area (Å²) in [5, 5.41) is 14.8. The zero-order chi connectivity index (χ0) is 19.4. The second kappa shape index (κ2) is 11.8. The van der Waals surface area contributed by atoms with Gasteiger partial charge in [0, 0.05) is 25.2 Å². The number of carboxylic acids is 2. The largest absolute Gasteiger partial charge is 0.493 e. The quantitative estimate of drug-likeness (QED) is 0.407. The van der Waals surface area contributed by atoms with Gasteiger partial charge in [-0.3, -0.25) is 9.69 Å². The van der Waals surface area contributed by atoms with Gasteiger partial charge in [-0.2, -0.15) is 0 Å². The van der Waals surface area contributed by atoms with Gasteiger partial charge in [-0.25, -0.2) is 9.59 Å². The van der Waals surface area contributed by atoms with Crippen LogP contribution in [0.1, 0.15) is 16.8 Å². The molecule has 9 heteroatoms. The molecular formula is C17H23NO8. The third-order valence-electron chi connectivity index (χ3n) is 3.49. The van der Waals surface area contributed by atoms with Crippen molar-refractivity contribution in [1.82, 2.24) is 4.90 Å². The smallest absolute Gasteiger partial charge is 0.414 e. The first-order chi connectivity index (χ1) is 12.5. The number of rotatable bonds is 7. The summed E-state index contributed by atoms with van der Waals surface area (Å²) in [6.45, 7) is 5.28. The summed E-state index contributed by atoms with van der Waals surface area (Å²) in [4.78, 5) is 31.3. The molecule has 0 aliphatic carbocycles. The molecule has 0 atom stereocenters. The molecule has 1 heterocycles. The fourth-order valence-electron chi connectivity index (χ4n) is 2.17. The van der Waals surface area contributed by atoms with Crippen molar-refractivity contribution in [3.63, 3.8) is 0 Å². The minimum absolute atomic E-state index is 0.586. The van der Waals surface area contributed by atoms with Crippen molar-refractivity contribution in [2.24, 2.45) is 0 Å². The van der Waals surface area contributed by atoms with Gasteiger partial charge in [0.05, 0.1) is 26.9 Å². The number of hydrogen-bond acceptors (Lipinski definition) is 7. The molecule has 144 valence electrons. The third kappa shape index (κ3) is 7.95. The Labute approximate surface area is 151 Å². The first-order valence-electron chi connectivity index (χ1n) is 8.00. The summed E-state index contributed by atoms with van der Waals surface area (Å²) in [5.41, 5.74) is 0.586. The van der Waals surface area contributed by atoms with Crippen LogP contribution in [-0.4, -0.2) is 79.9 Å². The maximum absolute atomic E-state index is 10.7. The summed E-state index contributed by atoms with van der Waals surface area (Å²) in [7, 11) is 1.57. The van der Waals surface area contributed by atoms with E-state index in [4.69, 9.17) is 34.0 Å². The van der Waals surface area contributed by atoms with Crippen LogP contribution in [0.25, 0.3) is 0 Å². The molecule has 2 rings (SSSR count). The summed E-state index contributed by atoms with van der Waals surface area (Å²) in [5.74, 6) is -2.37. The molecule has 1 aromatic rings. The first-order valence-corrected chi connectivity index (χ1v) is 8.00. The van der Waals surface area contributed by atoms with Crippen LogP contribution in [0.5, 0.6) is 11.5 Å². The molecule has 9 nitrogen and oxygen atoms in total.